The van der Waals surface area contributed by atoms with Crippen LogP contribution in [0.25, 0.3) is 21.5 Å². The van der Waals surface area contributed by atoms with Crippen LogP contribution in [0.15, 0.2) is 71.8 Å². The van der Waals surface area contributed by atoms with Gasteiger partial charge < -0.3 is 5.32 Å². The summed E-state index contributed by atoms with van der Waals surface area (Å²) in [6.07, 6.45) is 1.80. The Labute approximate surface area is 180 Å². The lowest BCUT2D eigenvalue weighted by Crippen LogP contribution is -2.24. The summed E-state index contributed by atoms with van der Waals surface area (Å²) < 4.78 is 0. The standard InChI is InChI=1S/C24H20ClN3S/c1-15-8-7-13-22(16(15)2)27-24(29)28-26-14-21-17-9-3-5-11-19(17)23(25)20-12-6-4-10-18(20)21/h3-14H,1-2H3,(H2,27,28,29)/b26-14+. The highest BCUT2D eigenvalue weighted by Gasteiger charge is 2.10. The van der Waals surface area contributed by atoms with Gasteiger partial charge in [-0.15, -0.1) is 0 Å². The smallest absolute Gasteiger partial charge is 0.191 e. The second-order valence-electron chi connectivity index (χ2n) is 6.89. The highest BCUT2D eigenvalue weighted by atomic mass is 35.5. The van der Waals surface area contributed by atoms with E-state index in [4.69, 9.17) is 23.8 Å². The van der Waals surface area contributed by atoms with E-state index in [9.17, 15) is 0 Å². The molecule has 3 nitrogen and oxygen atoms in total. The topological polar surface area (TPSA) is 36.4 Å². The average molecular weight is 418 g/mol. The Hall–Kier alpha value is -2.95. The fourth-order valence-corrected chi connectivity index (χ4v) is 3.93. The summed E-state index contributed by atoms with van der Waals surface area (Å²) in [6, 6.07) is 22.2. The number of benzene rings is 4. The SMILES string of the molecule is Cc1cccc(NC(=S)N/N=C/c2c3ccccc3c(Cl)c3ccccc23)c1C. The van der Waals surface area contributed by atoms with Crippen LogP contribution in [0.5, 0.6) is 0 Å². The van der Waals surface area contributed by atoms with E-state index in [-0.39, 0.29) is 0 Å². The molecule has 0 aliphatic carbocycles. The number of hydrogen-bond acceptors (Lipinski definition) is 2. The highest BCUT2D eigenvalue weighted by Crippen LogP contribution is 2.35. The molecule has 2 N–H and O–H groups in total. The maximum absolute atomic E-state index is 6.66. The van der Waals surface area contributed by atoms with Crippen LogP contribution < -0.4 is 10.7 Å². The molecule has 0 aliphatic rings. The molecule has 4 aromatic rings. The number of fused-ring (bicyclic) bond motifs is 2. The van der Waals surface area contributed by atoms with Gasteiger partial charge in [0.05, 0.1) is 11.2 Å². The zero-order valence-electron chi connectivity index (χ0n) is 16.2. The molecule has 0 aromatic heterocycles. The van der Waals surface area contributed by atoms with Gasteiger partial charge in [0.15, 0.2) is 5.11 Å². The number of anilines is 1. The van der Waals surface area contributed by atoms with Crippen molar-refractivity contribution in [1.82, 2.24) is 5.43 Å². The largest absolute Gasteiger partial charge is 0.331 e. The van der Waals surface area contributed by atoms with E-state index in [0.717, 1.165) is 43.4 Å². The summed E-state index contributed by atoms with van der Waals surface area (Å²) in [4.78, 5) is 0. The number of halogens is 1. The zero-order chi connectivity index (χ0) is 20.4. The number of hydrogen-bond donors (Lipinski definition) is 2. The van der Waals surface area contributed by atoms with Gasteiger partial charge in [-0.1, -0.05) is 72.3 Å². The van der Waals surface area contributed by atoms with Crippen molar-refractivity contribution in [3.63, 3.8) is 0 Å². The molecule has 0 atom stereocenters. The van der Waals surface area contributed by atoms with Gasteiger partial charge in [0.1, 0.15) is 0 Å². The molecule has 0 unspecified atom stereocenters. The van der Waals surface area contributed by atoms with E-state index in [1.807, 2.05) is 48.5 Å². The molecule has 4 rings (SSSR count). The van der Waals surface area contributed by atoms with Gasteiger partial charge in [-0.05, 0) is 54.0 Å². The molecular formula is C24H20ClN3S. The predicted molar refractivity (Wildman–Crippen MR) is 129 cm³/mol. The van der Waals surface area contributed by atoms with Crippen molar-refractivity contribution in [2.75, 3.05) is 5.32 Å². The van der Waals surface area contributed by atoms with Crippen LogP contribution in [0.2, 0.25) is 5.02 Å². The Morgan fingerprint density at radius 1 is 0.862 bits per heavy atom. The molecular weight excluding hydrogens is 398 g/mol. The van der Waals surface area contributed by atoms with E-state index in [0.29, 0.717) is 5.11 Å². The lowest BCUT2D eigenvalue weighted by Gasteiger charge is -2.12. The molecule has 0 radical (unpaired) electrons. The van der Waals surface area contributed by atoms with Gasteiger partial charge in [0.2, 0.25) is 0 Å². The molecule has 0 bridgehead atoms. The number of nitrogens with zero attached hydrogens (tertiary/aromatic N) is 1. The Balaban J connectivity index is 1.65. The Kier molecular flexibility index (Phi) is 5.47. The number of thiocarbonyl (C=S) groups is 1. The molecule has 4 aromatic carbocycles. The first-order chi connectivity index (χ1) is 14.1. The molecule has 0 amide bonds. The molecule has 0 aliphatic heterocycles. The fraction of sp³-hybridized carbons (Fsp3) is 0.0833. The van der Waals surface area contributed by atoms with Crippen LogP contribution in [-0.2, 0) is 0 Å². The lowest BCUT2D eigenvalue weighted by molar-refractivity contribution is 1.05. The van der Waals surface area contributed by atoms with Crippen LogP contribution in [-0.4, -0.2) is 11.3 Å². The second-order valence-corrected chi connectivity index (χ2v) is 7.68. The van der Waals surface area contributed by atoms with Crippen LogP contribution in [0.3, 0.4) is 0 Å². The predicted octanol–water partition coefficient (Wildman–Crippen LogP) is 6.58. The molecule has 0 fully saturated rings. The first kappa shape index (κ1) is 19.4. The normalized spacial score (nSPS) is 11.3. The summed E-state index contributed by atoms with van der Waals surface area (Å²) in [5.41, 5.74) is 7.27. The lowest BCUT2D eigenvalue weighted by atomic mass is 9.97. The maximum Gasteiger partial charge on any atom is 0.191 e. The Morgan fingerprint density at radius 2 is 1.45 bits per heavy atom. The van der Waals surface area contributed by atoms with Gasteiger partial charge in [0, 0.05) is 22.0 Å². The van der Waals surface area contributed by atoms with Gasteiger partial charge >= 0.3 is 0 Å². The van der Waals surface area contributed by atoms with Gasteiger partial charge in [0.25, 0.3) is 0 Å². The van der Waals surface area contributed by atoms with Crippen molar-refractivity contribution in [3.05, 3.63) is 88.4 Å². The minimum Gasteiger partial charge on any atom is -0.331 e. The first-order valence-electron chi connectivity index (χ1n) is 9.31. The first-order valence-corrected chi connectivity index (χ1v) is 10.1. The summed E-state index contributed by atoms with van der Waals surface area (Å²) >= 11 is 12.1. The minimum atomic E-state index is 0.442. The third-order valence-electron chi connectivity index (χ3n) is 5.12. The van der Waals surface area contributed by atoms with E-state index in [1.54, 1.807) is 6.21 Å². The van der Waals surface area contributed by atoms with Crippen LogP contribution >= 0.6 is 23.8 Å². The third kappa shape index (κ3) is 3.82. The van der Waals surface area contributed by atoms with E-state index in [2.05, 4.69) is 47.9 Å². The molecule has 0 heterocycles. The maximum atomic E-state index is 6.66. The van der Waals surface area contributed by atoms with E-state index >= 15 is 0 Å². The Morgan fingerprint density at radius 3 is 2.07 bits per heavy atom. The van der Waals surface area contributed by atoms with Crippen LogP contribution in [0.1, 0.15) is 16.7 Å². The third-order valence-corrected chi connectivity index (χ3v) is 5.72. The molecule has 0 saturated carbocycles. The zero-order valence-corrected chi connectivity index (χ0v) is 17.7. The molecule has 144 valence electrons. The van der Waals surface area contributed by atoms with Crippen molar-refractivity contribution in [3.8, 4) is 0 Å². The monoisotopic (exact) mass is 417 g/mol. The summed E-state index contributed by atoms with van der Waals surface area (Å²) in [7, 11) is 0. The number of nitrogens with one attached hydrogen (secondary N) is 2. The number of rotatable bonds is 3. The van der Waals surface area contributed by atoms with Crippen molar-refractivity contribution in [2.45, 2.75) is 13.8 Å². The van der Waals surface area contributed by atoms with Crippen LogP contribution in [0, 0.1) is 13.8 Å². The van der Waals surface area contributed by atoms with E-state index in [1.165, 1.54) is 5.56 Å². The van der Waals surface area contributed by atoms with Crippen molar-refractivity contribution < 1.29 is 0 Å². The summed E-state index contributed by atoms with van der Waals surface area (Å²) in [5, 5.41) is 12.9. The quantitative estimate of drug-likeness (QED) is 0.171. The van der Waals surface area contributed by atoms with Crippen LogP contribution in [0.4, 0.5) is 5.69 Å². The molecule has 5 heteroatoms. The minimum absolute atomic E-state index is 0.442. The summed E-state index contributed by atoms with van der Waals surface area (Å²) in [5.74, 6) is 0. The fourth-order valence-electron chi connectivity index (χ4n) is 3.44. The van der Waals surface area contributed by atoms with Crippen molar-refractivity contribution in [2.24, 2.45) is 5.10 Å². The number of aryl methyl sites for hydroxylation is 1. The number of hydrazone groups is 1. The molecule has 0 saturated heterocycles. The van der Waals surface area contributed by atoms with Gasteiger partial charge in [-0.3, -0.25) is 5.43 Å². The van der Waals surface area contributed by atoms with Gasteiger partial charge in [-0.2, -0.15) is 5.10 Å². The summed E-state index contributed by atoms with van der Waals surface area (Å²) in [6.45, 7) is 4.14. The molecule has 0 spiro atoms. The molecule has 29 heavy (non-hydrogen) atoms. The van der Waals surface area contributed by atoms with Crippen molar-refractivity contribution >= 4 is 62.4 Å². The van der Waals surface area contributed by atoms with E-state index < -0.39 is 0 Å². The van der Waals surface area contributed by atoms with Crippen molar-refractivity contribution in [1.29, 1.82) is 0 Å². The van der Waals surface area contributed by atoms with Gasteiger partial charge in [-0.25, -0.2) is 0 Å². The Bertz CT molecular complexity index is 1210. The highest BCUT2D eigenvalue weighted by molar-refractivity contribution is 7.80. The second kappa shape index (κ2) is 8.19. The average Bonchev–Trinajstić information content (AvgIpc) is 2.74.